The van der Waals surface area contributed by atoms with E-state index in [2.05, 4.69) is 15.9 Å². The number of hydrogen-bond donors (Lipinski definition) is 0. The summed E-state index contributed by atoms with van der Waals surface area (Å²) in [6, 6.07) is 7.90. The number of ether oxygens (including phenoxy) is 2. The number of sulfonamides is 1. The van der Waals surface area contributed by atoms with E-state index in [0.29, 0.717) is 21.9 Å². The second-order valence-electron chi connectivity index (χ2n) is 4.48. The summed E-state index contributed by atoms with van der Waals surface area (Å²) in [5, 5.41) is 0. The van der Waals surface area contributed by atoms with Crippen LogP contribution in [0.5, 0.6) is 11.5 Å². The Kier molecular flexibility index (Phi) is 5.15. The van der Waals surface area contributed by atoms with Crippen LogP contribution in [0.25, 0.3) is 0 Å². The molecule has 2 rings (SSSR count). The molecule has 0 N–H and O–H groups in total. The molecule has 0 spiro atoms. The number of halogens is 1. The summed E-state index contributed by atoms with van der Waals surface area (Å²) in [6.07, 6.45) is 0. The third kappa shape index (κ3) is 3.45. The zero-order valence-corrected chi connectivity index (χ0v) is 14.8. The van der Waals surface area contributed by atoms with Crippen molar-refractivity contribution in [3.8, 4) is 11.5 Å². The average molecular weight is 390 g/mol. The molecule has 0 amide bonds. The number of nitrogens with zero attached hydrogens (tertiary/aromatic N) is 1. The molecule has 0 aliphatic carbocycles. The Bertz CT molecular complexity index is 756. The standard InChI is InChI=1S/C14H16BrNO5S/c1-16(9-10-4-7-14(15)21-10)22(17,18)11-5-6-12(19-2)13(8-11)20-3/h4-8H,9H2,1-3H3. The fourth-order valence-corrected chi connectivity index (χ4v) is 3.39. The Labute approximate surface area is 137 Å². The maximum Gasteiger partial charge on any atom is 0.243 e. The number of hydrogen-bond acceptors (Lipinski definition) is 5. The molecule has 0 bridgehead atoms. The molecule has 0 fully saturated rings. The molecule has 1 aromatic carbocycles. The van der Waals surface area contributed by atoms with E-state index in [0.717, 1.165) is 0 Å². The predicted octanol–water partition coefficient (Wildman–Crippen LogP) is 2.88. The summed E-state index contributed by atoms with van der Waals surface area (Å²) >= 11 is 3.19. The van der Waals surface area contributed by atoms with E-state index in [1.54, 1.807) is 18.2 Å². The summed E-state index contributed by atoms with van der Waals surface area (Å²) < 4.78 is 42.5. The quantitative estimate of drug-likeness (QED) is 0.759. The lowest BCUT2D eigenvalue weighted by atomic mass is 10.3. The molecule has 0 atom stereocenters. The van der Waals surface area contributed by atoms with Gasteiger partial charge in [-0.1, -0.05) is 0 Å². The van der Waals surface area contributed by atoms with Crippen LogP contribution < -0.4 is 9.47 Å². The topological polar surface area (TPSA) is 69.0 Å². The van der Waals surface area contributed by atoms with Crippen LogP contribution in [-0.4, -0.2) is 34.0 Å². The number of rotatable bonds is 6. The molecule has 120 valence electrons. The van der Waals surface area contributed by atoms with Crippen LogP contribution >= 0.6 is 15.9 Å². The van der Waals surface area contributed by atoms with Crippen molar-refractivity contribution in [2.24, 2.45) is 0 Å². The molecule has 1 heterocycles. The third-order valence-corrected chi connectivity index (χ3v) is 5.30. The molecule has 0 radical (unpaired) electrons. The van der Waals surface area contributed by atoms with Gasteiger partial charge in [-0.15, -0.1) is 0 Å². The first-order valence-corrected chi connectivity index (χ1v) is 8.54. The highest BCUT2D eigenvalue weighted by Crippen LogP contribution is 2.30. The zero-order valence-electron chi connectivity index (χ0n) is 12.4. The molecule has 0 saturated carbocycles. The highest BCUT2D eigenvalue weighted by Gasteiger charge is 2.23. The van der Waals surface area contributed by atoms with Crippen LogP contribution in [-0.2, 0) is 16.6 Å². The Morgan fingerprint density at radius 3 is 2.36 bits per heavy atom. The summed E-state index contributed by atoms with van der Waals surface area (Å²) in [5.41, 5.74) is 0. The van der Waals surface area contributed by atoms with Crippen molar-refractivity contribution in [1.29, 1.82) is 0 Å². The van der Waals surface area contributed by atoms with Crippen LogP contribution in [0.1, 0.15) is 5.76 Å². The van der Waals surface area contributed by atoms with Crippen molar-refractivity contribution in [3.05, 3.63) is 40.8 Å². The van der Waals surface area contributed by atoms with Crippen molar-refractivity contribution in [1.82, 2.24) is 4.31 Å². The first-order chi connectivity index (χ1) is 10.4. The van der Waals surface area contributed by atoms with Gasteiger partial charge in [0.05, 0.1) is 25.7 Å². The van der Waals surface area contributed by atoms with E-state index in [1.165, 1.54) is 37.7 Å². The number of benzene rings is 1. The molecule has 6 nitrogen and oxygen atoms in total. The second kappa shape index (κ2) is 6.72. The van der Waals surface area contributed by atoms with Crippen molar-refractivity contribution >= 4 is 26.0 Å². The fourth-order valence-electron chi connectivity index (χ4n) is 1.90. The molecule has 0 aliphatic rings. The van der Waals surface area contributed by atoms with Crippen molar-refractivity contribution in [3.63, 3.8) is 0 Å². The van der Waals surface area contributed by atoms with Gasteiger partial charge in [0, 0.05) is 13.1 Å². The minimum Gasteiger partial charge on any atom is -0.493 e. The minimum absolute atomic E-state index is 0.123. The van der Waals surface area contributed by atoms with Crippen LogP contribution in [0, 0.1) is 0 Å². The van der Waals surface area contributed by atoms with Gasteiger partial charge in [-0.2, -0.15) is 4.31 Å². The Morgan fingerprint density at radius 1 is 1.14 bits per heavy atom. The number of methoxy groups -OCH3 is 2. The average Bonchev–Trinajstić information content (AvgIpc) is 2.91. The van der Waals surface area contributed by atoms with Gasteiger partial charge in [0.2, 0.25) is 10.0 Å². The summed E-state index contributed by atoms with van der Waals surface area (Å²) in [5.74, 6) is 1.37. The monoisotopic (exact) mass is 389 g/mol. The van der Waals surface area contributed by atoms with E-state index in [9.17, 15) is 8.42 Å². The molecule has 22 heavy (non-hydrogen) atoms. The van der Waals surface area contributed by atoms with Gasteiger partial charge >= 0.3 is 0 Å². The molecule has 0 unspecified atom stereocenters. The van der Waals surface area contributed by atoms with Gasteiger partial charge in [-0.3, -0.25) is 0 Å². The van der Waals surface area contributed by atoms with Gasteiger partial charge in [0.25, 0.3) is 0 Å². The molecular formula is C14H16BrNO5S. The first kappa shape index (κ1) is 16.9. The van der Waals surface area contributed by atoms with Gasteiger partial charge in [0.1, 0.15) is 5.76 Å². The second-order valence-corrected chi connectivity index (χ2v) is 7.31. The summed E-state index contributed by atoms with van der Waals surface area (Å²) in [7, 11) is 0.775. The predicted molar refractivity (Wildman–Crippen MR) is 84.6 cm³/mol. The van der Waals surface area contributed by atoms with Gasteiger partial charge in [-0.25, -0.2) is 8.42 Å². The molecule has 8 heteroatoms. The Balaban J connectivity index is 2.29. The summed E-state index contributed by atoms with van der Waals surface area (Å²) in [6.45, 7) is 0.127. The number of furan rings is 1. The van der Waals surface area contributed by atoms with Gasteiger partial charge in [0.15, 0.2) is 16.2 Å². The van der Waals surface area contributed by atoms with Crippen molar-refractivity contribution in [2.45, 2.75) is 11.4 Å². The SMILES string of the molecule is COc1ccc(S(=O)(=O)N(C)Cc2ccc(Br)o2)cc1OC. The van der Waals surface area contributed by atoms with Crippen LogP contribution in [0.3, 0.4) is 0 Å². The van der Waals surface area contributed by atoms with E-state index in [-0.39, 0.29) is 11.4 Å². The van der Waals surface area contributed by atoms with E-state index >= 15 is 0 Å². The normalized spacial score (nSPS) is 11.7. The molecule has 0 aliphatic heterocycles. The maximum absolute atomic E-state index is 12.6. The Hall–Kier alpha value is -1.51. The maximum atomic E-state index is 12.6. The smallest absolute Gasteiger partial charge is 0.243 e. The summed E-state index contributed by atoms with van der Waals surface area (Å²) in [4.78, 5) is 0.123. The van der Waals surface area contributed by atoms with Crippen LogP contribution in [0.4, 0.5) is 0 Å². The molecule has 1 aromatic heterocycles. The molecule has 2 aromatic rings. The highest BCUT2D eigenvalue weighted by atomic mass is 79.9. The van der Waals surface area contributed by atoms with Crippen LogP contribution in [0.2, 0.25) is 0 Å². The van der Waals surface area contributed by atoms with Gasteiger partial charge < -0.3 is 13.9 Å². The van der Waals surface area contributed by atoms with E-state index < -0.39 is 10.0 Å². The van der Waals surface area contributed by atoms with E-state index in [4.69, 9.17) is 13.9 Å². The first-order valence-electron chi connectivity index (χ1n) is 6.31. The van der Waals surface area contributed by atoms with Crippen molar-refractivity contribution < 1.29 is 22.3 Å². The Morgan fingerprint density at radius 2 is 1.82 bits per heavy atom. The molecular weight excluding hydrogens is 374 g/mol. The molecule has 0 saturated heterocycles. The van der Waals surface area contributed by atoms with Crippen LogP contribution in [0.15, 0.2) is 44.3 Å². The highest BCUT2D eigenvalue weighted by molar-refractivity contribution is 9.10. The lowest BCUT2D eigenvalue weighted by Gasteiger charge is -2.17. The lowest BCUT2D eigenvalue weighted by molar-refractivity contribution is 0.353. The van der Waals surface area contributed by atoms with E-state index in [1.807, 2.05) is 0 Å². The largest absolute Gasteiger partial charge is 0.493 e. The third-order valence-electron chi connectivity index (χ3n) is 3.07. The zero-order chi connectivity index (χ0) is 16.3. The van der Waals surface area contributed by atoms with Crippen molar-refractivity contribution in [2.75, 3.05) is 21.3 Å². The minimum atomic E-state index is -3.66. The fraction of sp³-hybridized carbons (Fsp3) is 0.286. The van der Waals surface area contributed by atoms with Gasteiger partial charge in [-0.05, 0) is 40.2 Å². The lowest BCUT2D eigenvalue weighted by Crippen LogP contribution is -2.26.